The molecule has 2 heterocycles. The molecule has 18 heteroatoms. The third kappa shape index (κ3) is 12.7. The van der Waals surface area contributed by atoms with Gasteiger partial charge in [-0.15, -0.1) is 11.8 Å². The van der Waals surface area contributed by atoms with Crippen LogP contribution in [0.5, 0.6) is 0 Å². The number of morpholine rings is 1. The average molecular weight is 983 g/mol. The van der Waals surface area contributed by atoms with Crippen molar-refractivity contribution >= 4 is 66.1 Å². The number of sulfonamides is 1. The molecule has 3 aliphatic rings. The highest BCUT2D eigenvalue weighted by atomic mass is 35.5. The molecule has 2 aliphatic heterocycles. The number of nitrogens with zero attached hydrogens (tertiary/aromatic N) is 3. The third-order valence-corrected chi connectivity index (χ3v) is 15.7. The van der Waals surface area contributed by atoms with Crippen LogP contribution in [0, 0.1) is 5.41 Å². The lowest BCUT2D eigenvalue weighted by Gasteiger charge is -2.39. The minimum absolute atomic E-state index is 0.108. The molecule has 0 radical (unpaired) electrons. The lowest BCUT2D eigenvalue weighted by atomic mass is 9.73. The van der Waals surface area contributed by atoms with E-state index < -0.39 is 91.9 Å². The Hall–Kier alpha value is -4.10. The maximum Gasteiger partial charge on any atom is 0.501 e. The molecule has 1 aliphatic carbocycles. The van der Waals surface area contributed by atoms with E-state index in [4.69, 9.17) is 22.6 Å². The molecule has 0 spiro atoms. The highest BCUT2D eigenvalue weighted by Crippen LogP contribution is 2.43. The third-order valence-electron chi connectivity index (χ3n) is 11.4. The summed E-state index contributed by atoms with van der Waals surface area (Å²) in [7, 11) is -11.4. The van der Waals surface area contributed by atoms with Crippen LogP contribution in [-0.2, 0) is 24.6 Å². The fourth-order valence-corrected chi connectivity index (χ4v) is 11.1. The molecule has 0 bridgehead atoms. The van der Waals surface area contributed by atoms with E-state index in [1.54, 1.807) is 42.5 Å². The van der Waals surface area contributed by atoms with E-state index in [0.29, 0.717) is 23.0 Å². The van der Waals surface area contributed by atoms with Gasteiger partial charge in [0.1, 0.15) is 4.90 Å². The van der Waals surface area contributed by atoms with Gasteiger partial charge in [-0.05, 0) is 109 Å². The number of rotatable bonds is 16. The van der Waals surface area contributed by atoms with Gasteiger partial charge in [0.05, 0.1) is 29.2 Å². The van der Waals surface area contributed by atoms with Crippen molar-refractivity contribution in [2.45, 2.75) is 65.8 Å². The summed E-state index contributed by atoms with van der Waals surface area (Å²) in [5, 5.41) is 3.34. The van der Waals surface area contributed by atoms with E-state index in [0.717, 1.165) is 68.5 Å². The smallest absolute Gasteiger partial charge is 0.380 e. The van der Waals surface area contributed by atoms with E-state index in [1.165, 1.54) is 28.8 Å². The first-order chi connectivity index (χ1) is 33.8. The van der Waals surface area contributed by atoms with Gasteiger partial charge in [-0.3, -0.25) is 14.6 Å². The molecular weight excluding hydrogens is 919 g/mol. The lowest BCUT2D eigenvalue weighted by molar-refractivity contribution is -0.0435. The second-order valence-corrected chi connectivity index (χ2v) is 21.8. The predicted octanol–water partition coefficient (Wildman–Crippen LogP) is 8.83. The Morgan fingerprint density at radius 2 is 1.58 bits per heavy atom. The van der Waals surface area contributed by atoms with Crippen LogP contribution in [0.2, 0.25) is 5.02 Å². The van der Waals surface area contributed by atoms with Crippen molar-refractivity contribution in [3.05, 3.63) is 119 Å². The van der Waals surface area contributed by atoms with Crippen molar-refractivity contribution in [3.63, 3.8) is 0 Å². The standard InChI is InChI=1S/C47H55ClF3N5O6S3/c1-46(2)20-18-42(34-8-12-37(48)13-9-34)36(31-46)32-55-22-24-56(25-23-55)39-14-10-35(11-15-39)45(57)53-65(60,61)41-16-17-43(44(30-41)64(58,59)47(49,50)51)52-38(19-21-54-26-28-62-29-27-54)33-63-40-6-4-3-5-7-40/h3-17,30,38,52H,18-29,31-33H2,1-2H3,(H,53,57)/t38-/m1/s1/i26D2,27D2,28D2,29D2. The van der Waals surface area contributed by atoms with Crippen molar-refractivity contribution in [2.24, 2.45) is 5.41 Å². The van der Waals surface area contributed by atoms with Gasteiger partial charge in [-0.2, -0.15) is 13.2 Å². The largest absolute Gasteiger partial charge is 0.501 e. The molecule has 4 aromatic rings. The van der Waals surface area contributed by atoms with Crippen molar-refractivity contribution < 1.29 is 50.5 Å². The van der Waals surface area contributed by atoms with Crippen molar-refractivity contribution in [2.75, 3.05) is 81.3 Å². The summed E-state index contributed by atoms with van der Waals surface area (Å²) in [6.07, 6.45) is 2.59. The normalized spacial score (nSPS) is 23.3. The molecule has 65 heavy (non-hydrogen) atoms. The highest BCUT2D eigenvalue weighted by molar-refractivity contribution is 7.99. The number of hydrogen-bond donors (Lipinski definition) is 2. The summed E-state index contributed by atoms with van der Waals surface area (Å²) in [5.74, 6) is -1.26. The number of allylic oxidation sites excluding steroid dienone is 1. The number of alkyl halides is 3. The summed E-state index contributed by atoms with van der Waals surface area (Å²) in [6.45, 7) is -5.87. The van der Waals surface area contributed by atoms with E-state index in [-0.39, 0.29) is 27.7 Å². The molecule has 7 rings (SSSR count). The zero-order valence-corrected chi connectivity index (χ0v) is 38.8. The number of benzene rings is 4. The first kappa shape index (κ1) is 38.9. The molecule has 0 unspecified atom stereocenters. The van der Waals surface area contributed by atoms with Crippen molar-refractivity contribution in [3.8, 4) is 0 Å². The van der Waals surface area contributed by atoms with Gasteiger partial charge in [0.2, 0.25) is 0 Å². The van der Waals surface area contributed by atoms with E-state index in [9.17, 15) is 34.8 Å². The predicted molar refractivity (Wildman–Crippen MR) is 252 cm³/mol. The quantitative estimate of drug-likeness (QED) is 0.105. The number of carbonyl (C=O) groups excluding carboxylic acids is 1. The Balaban J connectivity index is 1.06. The summed E-state index contributed by atoms with van der Waals surface area (Å²) in [4.78, 5) is 16.3. The molecule has 0 aromatic heterocycles. The number of amides is 1. The van der Waals surface area contributed by atoms with E-state index in [1.807, 2.05) is 16.9 Å². The van der Waals surface area contributed by atoms with Crippen LogP contribution >= 0.6 is 23.4 Å². The maximum absolute atomic E-state index is 14.3. The Morgan fingerprint density at radius 3 is 2.25 bits per heavy atom. The monoisotopic (exact) mass is 981 g/mol. The van der Waals surface area contributed by atoms with Crippen LogP contribution in [0.15, 0.2) is 117 Å². The number of halogens is 4. The Kier molecular flexibility index (Phi) is 12.5. The fourth-order valence-electron chi connectivity index (χ4n) is 7.93. The molecule has 11 nitrogen and oxygen atoms in total. The van der Waals surface area contributed by atoms with Gasteiger partial charge in [0.25, 0.3) is 25.8 Å². The number of hydrogen-bond acceptors (Lipinski definition) is 11. The summed E-state index contributed by atoms with van der Waals surface area (Å²) in [6, 6.07) is 23.1. The molecule has 2 N–H and O–H groups in total. The molecule has 350 valence electrons. The van der Waals surface area contributed by atoms with Crippen LogP contribution in [0.4, 0.5) is 24.5 Å². The SMILES string of the molecule is [2H]C1([2H])OC([2H])([2H])C([2H])([2H])N(CC[C@H](CSc2ccccc2)Nc2ccc(S(=O)(=O)NC(=O)c3ccc(N4CCN(CC5=C(c6ccc(Cl)cc6)CCC(C)(C)C5)CC4)cc3)cc2S(=O)(=O)C(F)(F)F)C1([2H])[2H]. The van der Waals surface area contributed by atoms with Crippen LogP contribution in [-0.4, -0.2) is 115 Å². The summed E-state index contributed by atoms with van der Waals surface area (Å²) in [5.41, 5.74) is -1.93. The number of nitrogens with one attached hydrogen (secondary N) is 2. The molecule has 2 fully saturated rings. The number of piperazine rings is 1. The van der Waals surface area contributed by atoms with E-state index >= 15 is 0 Å². The molecule has 1 amide bonds. The molecule has 1 atom stereocenters. The van der Waals surface area contributed by atoms with Gasteiger partial charge >= 0.3 is 5.51 Å². The van der Waals surface area contributed by atoms with Gasteiger partial charge in [-0.1, -0.05) is 61.4 Å². The van der Waals surface area contributed by atoms with Crippen LogP contribution in [0.3, 0.4) is 0 Å². The topological polar surface area (TPSA) is 128 Å². The van der Waals surface area contributed by atoms with Crippen LogP contribution in [0.1, 0.15) is 66.4 Å². The van der Waals surface area contributed by atoms with Gasteiger partial charge < -0.3 is 15.0 Å². The van der Waals surface area contributed by atoms with Crippen LogP contribution < -0.4 is 14.9 Å². The minimum Gasteiger partial charge on any atom is -0.380 e. The van der Waals surface area contributed by atoms with E-state index in [2.05, 4.69) is 45.8 Å². The number of anilines is 2. The second kappa shape index (κ2) is 20.8. The highest BCUT2D eigenvalue weighted by Gasteiger charge is 2.48. The van der Waals surface area contributed by atoms with Crippen LogP contribution in [0.25, 0.3) is 5.57 Å². The average Bonchev–Trinajstić information content (AvgIpc) is 3.30. The fraction of sp³-hybridized carbons (Fsp3) is 0.426. The number of ether oxygens (including phenoxy) is 1. The maximum atomic E-state index is 14.3. The lowest BCUT2D eigenvalue weighted by Crippen LogP contribution is -2.47. The van der Waals surface area contributed by atoms with Crippen molar-refractivity contribution in [1.82, 2.24) is 14.5 Å². The molecule has 0 saturated carbocycles. The summed E-state index contributed by atoms with van der Waals surface area (Å²) < 4.78 is 169. The zero-order chi connectivity index (χ0) is 53.6. The molecule has 4 aromatic carbocycles. The first-order valence-electron chi connectivity index (χ1n) is 24.8. The number of sulfone groups is 1. The molecular formula is C47H55ClF3N5O6S3. The first-order valence-corrected chi connectivity index (χ1v) is 25.2. The number of carbonyl (C=O) groups is 1. The second-order valence-electron chi connectivity index (χ2n) is 16.7. The minimum atomic E-state index is -6.34. The number of thioether (sulfide) groups is 1. The van der Waals surface area contributed by atoms with Gasteiger partial charge in [-0.25, -0.2) is 21.6 Å². The Labute approximate surface area is 400 Å². The summed E-state index contributed by atoms with van der Waals surface area (Å²) >= 11 is 7.29. The van der Waals surface area contributed by atoms with Crippen molar-refractivity contribution in [1.29, 1.82) is 0 Å². The Morgan fingerprint density at radius 1 is 0.908 bits per heavy atom. The van der Waals surface area contributed by atoms with Gasteiger partial charge in [0, 0.05) is 90.7 Å². The Bertz CT molecular complexity index is 2890. The zero-order valence-electron chi connectivity index (χ0n) is 43.6. The molecule has 2 saturated heterocycles. The van der Waals surface area contributed by atoms with Gasteiger partial charge in [0.15, 0.2) is 0 Å².